The van der Waals surface area contributed by atoms with Crippen molar-refractivity contribution in [1.29, 1.82) is 0 Å². The van der Waals surface area contributed by atoms with E-state index in [9.17, 15) is 4.79 Å². The summed E-state index contributed by atoms with van der Waals surface area (Å²) in [5, 5.41) is 2.91. The number of aryl methyl sites for hydroxylation is 1. The molecule has 4 heteroatoms. The summed E-state index contributed by atoms with van der Waals surface area (Å²) in [6.45, 7) is 0.603. The second kappa shape index (κ2) is 6.57. The molecule has 0 spiro atoms. The van der Waals surface area contributed by atoms with E-state index in [1.165, 1.54) is 12.8 Å². The van der Waals surface area contributed by atoms with Crippen LogP contribution in [0.2, 0.25) is 0 Å². The molecule has 2 rings (SSSR count). The highest BCUT2D eigenvalue weighted by Gasteiger charge is 2.28. The number of nitrogens with two attached hydrogens (primary N) is 1. The average Bonchev–Trinajstić information content (AvgIpc) is 3.27. The van der Waals surface area contributed by atoms with Crippen LogP contribution in [0.3, 0.4) is 0 Å². The fraction of sp³-hybridized carbons (Fsp3) is 0.533. The normalized spacial score (nSPS) is 15.9. The largest absolute Gasteiger partial charge is 0.497 e. The zero-order chi connectivity index (χ0) is 13.7. The molecular formula is C15H22N2O2. The first-order valence-electron chi connectivity index (χ1n) is 6.84. The number of carbonyl (C=O) groups excluding carboxylic acids is 1. The average molecular weight is 262 g/mol. The third-order valence-corrected chi connectivity index (χ3v) is 3.56. The van der Waals surface area contributed by atoms with Crippen LogP contribution in [0.5, 0.6) is 5.75 Å². The Bertz CT molecular complexity index is 413. The molecule has 104 valence electrons. The van der Waals surface area contributed by atoms with Gasteiger partial charge in [-0.3, -0.25) is 4.79 Å². The molecule has 3 N–H and O–H groups in total. The minimum atomic E-state index is 0.0759. The van der Waals surface area contributed by atoms with Gasteiger partial charge in [0.2, 0.25) is 5.91 Å². The molecule has 1 aliphatic carbocycles. The lowest BCUT2D eigenvalue weighted by Crippen LogP contribution is -2.38. The number of amides is 1. The number of hydrogen-bond donors (Lipinski definition) is 2. The first kappa shape index (κ1) is 13.9. The topological polar surface area (TPSA) is 64.3 Å². The summed E-state index contributed by atoms with van der Waals surface area (Å²) in [5.74, 6) is 1.54. The highest BCUT2D eigenvalue weighted by molar-refractivity contribution is 5.76. The summed E-state index contributed by atoms with van der Waals surface area (Å²) >= 11 is 0. The van der Waals surface area contributed by atoms with Gasteiger partial charge < -0.3 is 15.8 Å². The van der Waals surface area contributed by atoms with E-state index in [1.807, 2.05) is 24.3 Å². The van der Waals surface area contributed by atoms with Gasteiger partial charge in [0.15, 0.2) is 0 Å². The van der Waals surface area contributed by atoms with Gasteiger partial charge in [-0.25, -0.2) is 0 Å². The van der Waals surface area contributed by atoms with Crippen LogP contribution in [0.15, 0.2) is 24.3 Å². The standard InChI is InChI=1S/C15H22N2O2/c1-19-13-7-2-11(3-8-13)4-9-15(18)17-10-14(16)12-5-6-12/h2-3,7-8,12,14H,4-6,9-10,16H2,1H3,(H,17,18). The molecule has 0 heterocycles. The Morgan fingerprint density at radius 1 is 1.42 bits per heavy atom. The number of benzene rings is 1. The van der Waals surface area contributed by atoms with E-state index in [4.69, 9.17) is 10.5 Å². The summed E-state index contributed by atoms with van der Waals surface area (Å²) in [4.78, 5) is 11.7. The molecule has 19 heavy (non-hydrogen) atoms. The molecule has 0 bridgehead atoms. The van der Waals surface area contributed by atoms with Crippen molar-refractivity contribution in [2.45, 2.75) is 31.7 Å². The number of nitrogens with one attached hydrogen (secondary N) is 1. The Morgan fingerprint density at radius 2 is 2.11 bits per heavy atom. The molecular weight excluding hydrogens is 240 g/mol. The summed E-state index contributed by atoms with van der Waals surface area (Å²) in [6.07, 6.45) is 3.67. The van der Waals surface area contributed by atoms with Crippen molar-refractivity contribution in [2.75, 3.05) is 13.7 Å². The number of hydrogen-bond acceptors (Lipinski definition) is 3. The molecule has 0 radical (unpaired) electrons. The number of methoxy groups -OCH3 is 1. The maximum Gasteiger partial charge on any atom is 0.220 e. The monoisotopic (exact) mass is 262 g/mol. The fourth-order valence-electron chi connectivity index (χ4n) is 2.06. The molecule has 1 aromatic carbocycles. The van der Waals surface area contributed by atoms with E-state index in [1.54, 1.807) is 7.11 Å². The second-order valence-corrected chi connectivity index (χ2v) is 5.15. The van der Waals surface area contributed by atoms with E-state index < -0.39 is 0 Å². The molecule has 0 aromatic heterocycles. The predicted octanol–water partition coefficient (Wildman–Crippen LogP) is 1.48. The second-order valence-electron chi connectivity index (χ2n) is 5.15. The molecule has 4 nitrogen and oxygen atoms in total. The van der Waals surface area contributed by atoms with Crippen molar-refractivity contribution in [3.63, 3.8) is 0 Å². The summed E-state index contributed by atoms with van der Waals surface area (Å²) < 4.78 is 5.09. The lowest BCUT2D eigenvalue weighted by molar-refractivity contribution is -0.121. The molecule has 0 aliphatic heterocycles. The van der Waals surface area contributed by atoms with Crippen LogP contribution in [0, 0.1) is 5.92 Å². The van der Waals surface area contributed by atoms with Crippen molar-refractivity contribution < 1.29 is 9.53 Å². The van der Waals surface area contributed by atoms with Gasteiger partial charge in [-0.05, 0) is 42.9 Å². The lowest BCUT2D eigenvalue weighted by Gasteiger charge is -2.11. The zero-order valence-corrected chi connectivity index (χ0v) is 11.4. The summed E-state index contributed by atoms with van der Waals surface area (Å²) in [7, 11) is 1.64. The molecule has 1 atom stereocenters. The van der Waals surface area contributed by atoms with Crippen LogP contribution >= 0.6 is 0 Å². The van der Waals surface area contributed by atoms with Crippen LogP contribution in [-0.2, 0) is 11.2 Å². The van der Waals surface area contributed by atoms with Crippen molar-refractivity contribution >= 4 is 5.91 Å². The van der Waals surface area contributed by atoms with E-state index in [-0.39, 0.29) is 11.9 Å². The van der Waals surface area contributed by atoms with Crippen LogP contribution in [-0.4, -0.2) is 25.6 Å². The van der Waals surface area contributed by atoms with Crippen LogP contribution in [0.1, 0.15) is 24.8 Å². The van der Waals surface area contributed by atoms with Gasteiger partial charge in [0, 0.05) is 19.0 Å². The quantitative estimate of drug-likeness (QED) is 0.782. The Kier molecular flexibility index (Phi) is 4.80. The Labute approximate surface area is 114 Å². The minimum absolute atomic E-state index is 0.0759. The van der Waals surface area contributed by atoms with Gasteiger partial charge in [-0.2, -0.15) is 0 Å². The first-order chi connectivity index (χ1) is 9.19. The van der Waals surface area contributed by atoms with Crippen LogP contribution in [0.25, 0.3) is 0 Å². The van der Waals surface area contributed by atoms with Crippen molar-refractivity contribution in [3.05, 3.63) is 29.8 Å². The maximum absolute atomic E-state index is 11.7. The van der Waals surface area contributed by atoms with Gasteiger partial charge in [-0.1, -0.05) is 12.1 Å². The van der Waals surface area contributed by atoms with Crippen molar-refractivity contribution in [2.24, 2.45) is 11.7 Å². The molecule has 1 aromatic rings. The van der Waals surface area contributed by atoms with Crippen molar-refractivity contribution in [3.8, 4) is 5.75 Å². The SMILES string of the molecule is COc1ccc(CCC(=O)NCC(N)C2CC2)cc1. The zero-order valence-electron chi connectivity index (χ0n) is 11.4. The van der Waals surface area contributed by atoms with Gasteiger partial charge in [0.25, 0.3) is 0 Å². The van der Waals surface area contributed by atoms with E-state index >= 15 is 0 Å². The Morgan fingerprint density at radius 3 is 2.68 bits per heavy atom. The molecule has 1 amide bonds. The first-order valence-corrected chi connectivity index (χ1v) is 6.84. The highest BCUT2D eigenvalue weighted by Crippen LogP contribution is 2.31. The number of ether oxygens (including phenoxy) is 1. The lowest BCUT2D eigenvalue weighted by atomic mass is 10.1. The number of carbonyl (C=O) groups is 1. The van der Waals surface area contributed by atoms with E-state index in [2.05, 4.69) is 5.32 Å². The summed E-state index contributed by atoms with van der Waals surface area (Å²) in [6, 6.07) is 7.93. The smallest absolute Gasteiger partial charge is 0.220 e. The third kappa shape index (κ3) is 4.56. The van der Waals surface area contributed by atoms with Gasteiger partial charge in [-0.15, -0.1) is 0 Å². The fourth-order valence-corrected chi connectivity index (χ4v) is 2.06. The van der Waals surface area contributed by atoms with Gasteiger partial charge >= 0.3 is 0 Å². The van der Waals surface area contributed by atoms with Gasteiger partial charge in [0.05, 0.1) is 7.11 Å². The number of rotatable bonds is 7. The Balaban J connectivity index is 1.67. The summed E-state index contributed by atoms with van der Waals surface area (Å²) in [5.41, 5.74) is 7.08. The highest BCUT2D eigenvalue weighted by atomic mass is 16.5. The van der Waals surface area contributed by atoms with Crippen LogP contribution in [0.4, 0.5) is 0 Å². The molecule has 0 saturated heterocycles. The van der Waals surface area contributed by atoms with Crippen LogP contribution < -0.4 is 15.8 Å². The van der Waals surface area contributed by atoms with E-state index in [0.717, 1.165) is 17.7 Å². The third-order valence-electron chi connectivity index (χ3n) is 3.56. The molecule has 1 fully saturated rings. The molecule has 1 saturated carbocycles. The predicted molar refractivity (Wildman–Crippen MR) is 75.0 cm³/mol. The molecule has 1 aliphatic rings. The van der Waals surface area contributed by atoms with Gasteiger partial charge in [0.1, 0.15) is 5.75 Å². The molecule has 1 unspecified atom stereocenters. The minimum Gasteiger partial charge on any atom is -0.497 e. The van der Waals surface area contributed by atoms with Crippen molar-refractivity contribution in [1.82, 2.24) is 5.32 Å². The van der Waals surface area contributed by atoms with E-state index in [0.29, 0.717) is 18.9 Å². The Hall–Kier alpha value is -1.55. The maximum atomic E-state index is 11.7.